The predicted octanol–water partition coefficient (Wildman–Crippen LogP) is 3.96. The van der Waals surface area contributed by atoms with E-state index in [9.17, 15) is 14.0 Å². The first-order valence-electron chi connectivity index (χ1n) is 6.96. The van der Waals surface area contributed by atoms with E-state index in [1.54, 1.807) is 46.9 Å². The fourth-order valence-corrected chi connectivity index (χ4v) is 3.52. The molecule has 1 N–H and O–H groups in total. The molecule has 0 unspecified atom stereocenters. The Morgan fingerprint density at radius 2 is 1.88 bits per heavy atom. The van der Waals surface area contributed by atoms with Crippen LogP contribution in [0.3, 0.4) is 0 Å². The molecule has 3 rings (SSSR count). The Balaban J connectivity index is 2.09. The van der Waals surface area contributed by atoms with Crippen LogP contribution in [0.2, 0.25) is 10.2 Å². The van der Waals surface area contributed by atoms with Gasteiger partial charge in [-0.15, -0.1) is 0 Å². The van der Waals surface area contributed by atoms with E-state index in [4.69, 9.17) is 35.4 Å². The number of pyridine rings is 1. The zero-order valence-corrected chi connectivity index (χ0v) is 17.1. The molecule has 2 aromatic rings. The first-order valence-corrected chi connectivity index (χ1v) is 9.20. The molecule has 2 amide bonds. The van der Waals surface area contributed by atoms with Crippen molar-refractivity contribution in [2.45, 2.75) is 0 Å². The van der Waals surface area contributed by atoms with Gasteiger partial charge in [0.2, 0.25) is 0 Å². The summed E-state index contributed by atoms with van der Waals surface area (Å²) in [7, 11) is 0. The highest BCUT2D eigenvalue weighted by molar-refractivity contribution is 14.1. The zero-order valence-electron chi connectivity index (χ0n) is 12.6. The minimum Gasteiger partial charge on any atom is -0.298 e. The number of nitrogens with one attached hydrogen (secondary N) is 1. The molecule has 0 spiro atoms. The number of carbonyl (C=O) groups is 2. The standard InChI is InChI=1S/C16H7Cl2FIN3O2S/c17-7-1-3-8(4-2-7)23-15(25)10(14(24)22-16(23)26)5-9-12(20)11(19)6-21-13(9)18/h1-6H,(H,22,24,26). The van der Waals surface area contributed by atoms with Crippen LogP contribution in [-0.4, -0.2) is 21.9 Å². The molecule has 0 radical (unpaired) electrons. The minimum absolute atomic E-state index is 0.0323. The highest BCUT2D eigenvalue weighted by Gasteiger charge is 2.34. The van der Waals surface area contributed by atoms with E-state index in [-0.39, 0.29) is 25.0 Å². The van der Waals surface area contributed by atoms with Crippen molar-refractivity contribution >= 4 is 86.7 Å². The molecule has 0 saturated carbocycles. The van der Waals surface area contributed by atoms with Crippen molar-refractivity contribution in [3.63, 3.8) is 0 Å². The van der Waals surface area contributed by atoms with Gasteiger partial charge in [-0.3, -0.25) is 19.8 Å². The first kappa shape index (κ1) is 19.2. The quantitative estimate of drug-likeness (QED) is 0.214. The smallest absolute Gasteiger partial charge is 0.270 e. The summed E-state index contributed by atoms with van der Waals surface area (Å²) in [6.45, 7) is 0. The molecule has 1 aromatic carbocycles. The van der Waals surface area contributed by atoms with E-state index in [0.29, 0.717) is 10.7 Å². The number of nitrogens with zero attached hydrogens (tertiary/aromatic N) is 2. The summed E-state index contributed by atoms with van der Waals surface area (Å²) in [5.74, 6) is -1.99. The van der Waals surface area contributed by atoms with Crippen LogP contribution in [0.25, 0.3) is 6.08 Å². The average Bonchev–Trinajstić information content (AvgIpc) is 2.59. The summed E-state index contributed by atoms with van der Waals surface area (Å²) in [6, 6.07) is 6.34. The van der Waals surface area contributed by atoms with Crippen LogP contribution in [0.1, 0.15) is 5.56 Å². The number of hydrogen-bond acceptors (Lipinski definition) is 4. The molecule has 1 aliphatic rings. The van der Waals surface area contributed by atoms with Gasteiger partial charge in [-0.05, 0) is 65.2 Å². The van der Waals surface area contributed by atoms with Crippen LogP contribution in [-0.2, 0) is 9.59 Å². The Kier molecular flexibility index (Phi) is 5.56. The maximum Gasteiger partial charge on any atom is 0.270 e. The van der Waals surface area contributed by atoms with Gasteiger partial charge in [0.05, 0.1) is 15.5 Å². The third-order valence-corrected chi connectivity index (χ3v) is 5.37. The second-order valence-electron chi connectivity index (χ2n) is 5.06. The number of carbonyl (C=O) groups excluding carboxylic acids is 2. The molecule has 1 fully saturated rings. The lowest BCUT2D eigenvalue weighted by molar-refractivity contribution is -0.122. The van der Waals surface area contributed by atoms with Gasteiger partial charge >= 0.3 is 0 Å². The highest BCUT2D eigenvalue weighted by Crippen LogP contribution is 2.28. The van der Waals surface area contributed by atoms with Gasteiger partial charge < -0.3 is 0 Å². The first-order chi connectivity index (χ1) is 12.3. The Morgan fingerprint density at radius 1 is 1.23 bits per heavy atom. The molecule has 26 heavy (non-hydrogen) atoms. The Bertz CT molecular complexity index is 982. The maximum atomic E-state index is 13.8. The van der Waals surface area contributed by atoms with Crippen LogP contribution in [0.15, 0.2) is 36.0 Å². The van der Waals surface area contributed by atoms with Gasteiger partial charge in [0, 0.05) is 10.6 Å². The SMILES string of the molecule is O=C1NC(=S)N(c2ccc(Cl)cc2)C(=O)C1=Cc1c(Cl)ncc(F)c1I. The van der Waals surface area contributed by atoms with Crippen molar-refractivity contribution < 1.29 is 14.0 Å². The summed E-state index contributed by atoms with van der Waals surface area (Å²) in [5.41, 5.74) is 0.309. The second kappa shape index (κ2) is 7.55. The average molecular weight is 522 g/mol. The van der Waals surface area contributed by atoms with Crippen molar-refractivity contribution in [1.82, 2.24) is 10.3 Å². The van der Waals surface area contributed by atoms with Crippen LogP contribution in [0, 0.1) is 9.39 Å². The molecule has 0 aliphatic carbocycles. The molecule has 2 heterocycles. The molecular formula is C16H7Cl2FIN3O2S. The molecular weight excluding hydrogens is 515 g/mol. The van der Waals surface area contributed by atoms with E-state index in [2.05, 4.69) is 10.3 Å². The van der Waals surface area contributed by atoms with E-state index in [1.807, 2.05) is 0 Å². The van der Waals surface area contributed by atoms with Crippen molar-refractivity contribution in [3.8, 4) is 0 Å². The van der Waals surface area contributed by atoms with Crippen LogP contribution in [0.5, 0.6) is 0 Å². The van der Waals surface area contributed by atoms with Crippen LogP contribution >= 0.6 is 58.0 Å². The monoisotopic (exact) mass is 521 g/mol. The largest absolute Gasteiger partial charge is 0.298 e. The summed E-state index contributed by atoms with van der Waals surface area (Å²) >= 11 is 18.7. The predicted molar refractivity (Wildman–Crippen MR) is 110 cm³/mol. The number of benzene rings is 1. The number of hydrogen-bond donors (Lipinski definition) is 1. The molecule has 5 nitrogen and oxygen atoms in total. The number of aromatic nitrogens is 1. The molecule has 0 bridgehead atoms. The summed E-state index contributed by atoms with van der Waals surface area (Å²) in [4.78, 5) is 30.0. The van der Waals surface area contributed by atoms with Gasteiger partial charge in [0.1, 0.15) is 10.7 Å². The number of anilines is 1. The fourth-order valence-electron chi connectivity index (χ4n) is 2.21. The highest BCUT2D eigenvalue weighted by atomic mass is 127. The minimum atomic E-state index is -0.707. The van der Waals surface area contributed by atoms with E-state index in [1.165, 1.54) is 6.08 Å². The number of halogens is 4. The normalized spacial score (nSPS) is 16.2. The van der Waals surface area contributed by atoms with Gasteiger partial charge in [0.25, 0.3) is 11.8 Å². The van der Waals surface area contributed by atoms with Crippen molar-refractivity contribution in [3.05, 3.63) is 61.2 Å². The van der Waals surface area contributed by atoms with E-state index < -0.39 is 17.6 Å². The number of thiocarbonyl (C=S) groups is 1. The van der Waals surface area contributed by atoms with Crippen LogP contribution in [0.4, 0.5) is 10.1 Å². The van der Waals surface area contributed by atoms with Gasteiger partial charge in [0.15, 0.2) is 10.9 Å². The lowest BCUT2D eigenvalue weighted by Crippen LogP contribution is -2.54. The lowest BCUT2D eigenvalue weighted by atomic mass is 10.1. The lowest BCUT2D eigenvalue weighted by Gasteiger charge is -2.29. The molecule has 0 atom stereocenters. The van der Waals surface area contributed by atoms with Gasteiger partial charge in [-0.2, -0.15) is 0 Å². The van der Waals surface area contributed by atoms with Gasteiger partial charge in [-0.1, -0.05) is 23.2 Å². The Morgan fingerprint density at radius 3 is 2.54 bits per heavy atom. The number of amides is 2. The van der Waals surface area contributed by atoms with Crippen molar-refractivity contribution in [2.24, 2.45) is 0 Å². The molecule has 1 aromatic heterocycles. The van der Waals surface area contributed by atoms with Crippen molar-refractivity contribution in [1.29, 1.82) is 0 Å². The van der Waals surface area contributed by atoms with E-state index >= 15 is 0 Å². The third-order valence-electron chi connectivity index (χ3n) is 3.43. The van der Waals surface area contributed by atoms with E-state index in [0.717, 1.165) is 11.1 Å². The molecule has 1 aliphatic heterocycles. The third kappa shape index (κ3) is 3.59. The maximum absolute atomic E-state index is 13.8. The molecule has 1 saturated heterocycles. The summed E-state index contributed by atoms with van der Waals surface area (Å²) < 4.78 is 13.9. The molecule has 10 heteroatoms. The Hall–Kier alpha value is -1.62. The van der Waals surface area contributed by atoms with Crippen LogP contribution < -0.4 is 10.2 Å². The van der Waals surface area contributed by atoms with Crippen molar-refractivity contribution in [2.75, 3.05) is 4.90 Å². The van der Waals surface area contributed by atoms with Gasteiger partial charge in [-0.25, -0.2) is 9.37 Å². The zero-order chi connectivity index (χ0) is 19.0. The summed E-state index contributed by atoms with van der Waals surface area (Å²) in [6.07, 6.45) is 2.16. The summed E-state index contributed by atoms with van der Waals surface area (Å²) in [5, 5.41) is 2.81. The Labute approximate surface area is 176 Å². The topological polar surface area (TPSA) is 62.3 Å². The fraction of sp³-hybridized carbons (Fsp3) is 0. The molecule has 132 valence electrons. The number of rotatable bonds is 2. The second-order valence-corrected chi connectivity index (χ2v) is 7.32.